The van der Waals surface area contributed by atoms with E-state index in [9.17, 15) is 5.11 Å². The normalized spacial score (nSPS) is 50.1. The molecule has 0 aromatic rings. The predicted molar refractivity (Wildman–Crippen MR) is 50.7 cm³/mol. The monoisotopic (exact) mass is 198 g/mol. The van der Waals surface area contributed by atoms with Crippen molar-refractivity contribution in [2.45, 2.75) is 44.0 Å². The van der Waals surface area contributed by atoms with E-state index < -0.39 is 11.4 Å². The third-order valence-electron chi connectivity index (χ3n) is 4.40. The molecule has 3 aliphatic rings. The fourth-order valence-electron chi connectivity index (χ4n) is 3.73. The molecule has 0 aromatic carbocycles. The number of ether oxygens (including phenoxy) is 2. The Morgan fingerprint density at radius 1 is 1.07 bits per heavy atom. The van der Waals surface area contributed by atoms with Gasteiger partial charge >= 0.3 is 0 Å². The molecule has 3 nitrogen and oxygen atoms in total. The summed E-state index contributed by atoms with van der Waals surface area (Å²) in [5.41, 5.74) is -0.755. The van der Waals surface area contributed by atoms with Crippen LogP contribution in [0.1, 0.15) is 32.6 Å². The number of hydrogen-bond donors (Lipinski definition) is 1. The van der Waals surface area contributed by atoms with Gasteiger partial charge in [-0.25, -0.2) is 0 Å². The molecule has 2 aliphatic carbocycles. The van der Waals surface area contributed by atoms with Gasteiger partial charge in [-0.1, -0.05) is 12.8 Å². The Kier molecular flexibility index (Phi) is 1.77. The second-order valence-corrected chi connectivity index (χ2v) is 5.01. The number of hydrogen-bond acceptors (Lipinski definition) is 3. The quantitative estimate of drug-likeness (QED) is 0.637. The average molecular weight is 198 g/mol. The van der Waals surface area contributed by atoms with Gasteiger partial charge in [0.1, 0.15) is 5.60 Å². The van der Waals surface area contributed by atoms with Gasteiger partial charge in [0.05, 0.1) is 13.2 Å². The first-order chi connectivity index (χ1) is 6.68. The molecule has 1 heterocycles. The van der Waals surface area contributed by atoms with Crippen LogP contribution in [0.5, 0.6) is 0 Å². The second-order valence-electron chi connectivity index (χ2n) is 5.01. The Morgan fingerprint density at radius 3 is 2.29 bits per heavy atom. The van der Waals surface area contributed by atoms with Crippen LogP contribution in [-0.2, 0) is 9.47 Å². The van der Waals surface area contributed by atoms with E-state index in [1.54, 1.807) is 0 Å². The van der Waals surface area contributed by atoms with Gasteiger partial charge in [0.15, 0.2) is 0 Å². The van der Waals surface area contributed by atoms with Crippen LogP contribution >= 0.6 is 0 Å². The first-order valence-electron chi connectivity index (χ1n) is 5.69. The van der Waals surface area contributed by atoms with Crippen molar-refractivity contribution in [3.8, 4) is 0 Å². The van der Waals surface area contributed by atoms with Gasteiger partial charge in [0.2, 0.25) is 5.79 Å². The molecule has 1 aliphatic heterocycles. The first kappa shape index (κ1) is 9.13. The average Bonchev–Trinajstić information content (AvgIpc) is 2.69. The van der Waals surface area contributed by atoms with Crippen molar-refractivity contribution in [1.29, 1.82) is 0 Å². The predicted octanol–water partition coefficient (Wildman–Crippen LogP) is 1.30. The fraction of sp³-hybridized carbons (Fsp3) is 1.00. The van der Waals surface area contributed by atoms with Gasteiger partial charge in [-0.05, 0) is 19.8 Å². The highest BCUT2D eigenvalue weighted by Crippen LogP contribution is 2.61. The summed E-state index contributed by atoms with van der Waals surface area (Å²) in [7, 11) is 0. The fourth-order valence-corrected chi connectivity index (χ4v) is 3.73. The second kappa shape index (κ2) is 2.71. The molecule has 80 valence electrons. The van der Waals surface area contributed by atoms with Crippen LogP contribution in [0.4, 0.5) is 0 Å². The molecule has 1 spiro atoms. The summed E-state index contributed by atoms with van der Waals surface area (Å²) in [5, 5.41) is 10.4. The molecule has 2 saturated carbocycles. The van der Waals surface area contributed by atoms with E-state index in [0.717, 1.165) is 12.8 Å². The van der Waals surface area contributed by atoms with Crippen molar-refractivity contribution in [3.05, 3.63) is 0 Å². The maximum absolute atomic E-state index is 10.4. The zero-order chi connectivity index (χ0) is 9.81. The van der Waals surface area contributed by atoms with Gasteiger partial charge in [-0.15, -0.1) is 0 Å². The van der Waals surface area contributed by atoms with E-state index in [0.29, 0.717) is 25.0 Å². The van der Waals surface area contributed by atoms with Crippen LogP contribution < -0.4 is 0 Å². The number of rotatable bonds is 0. The van der Waals surface area contributed by atoms with Crippen molar-refractivity contribution in [3.63, 3.8) is 0 Å². The highest BCUT2D eigenvalue weighted by molar-refractivity contribution is 5.16. The molecule has 3 rings (SSSR count). The molecular formula is C11H18O3. The highest BCUT2D eigenvalue weighted by atomic mass is 16.8. The van der Waals surface area contributed by atoms with Crippen molar-refractivity contribution in [1.82, 2.24) is 0 Å². The standard InChI is InChI=1S/C11H18O3/c1-10(12)8-4-2-3-5-9(8)11(10)13-6-7-14-11/h8-9,12H,2-7H2,1H3/t8-,9+,10-/m0/s1. The molecular weight excluding hydrogens is 180 g/mol. The van der Waals surface area contributed by atoms with Crippen LogP contribution in [0.25, 0.3) is 0 Å². The topological polar surface area (TPSA) is 38.7 Å². The number of fused-ring (bicyclic) bond motifs is 2. The Labute approximate surface area is 84.4 Å². The molecule has 0 amide bonds. The largest absolute Gasteiger partial charge is 0.384 e. The van der Waals surface area contributed by atoms with E-state index in [1.165, 1.54) is 12.8 Å². The summed E-state index contributed by atoms with van der Waals surface area (Å²) >= 11 is 0. The summed E-state index contributed by atoms with van der Waals surface area (Å²) in [6, 6.07) is 0. The van der Waals surface area contributed by atoms with E-state index in [4.69, 9.17) is 9.47 Å². The van der Waals surface area contributed by atoms with Crippen molar-refractivity contribution in [2.75, 3.05) is 13.2 Å². The van der Waals surface area contributed by atoms with Gasteiger partial charge in [0, 0.05) is 11.8 Å². The SMILES string of the molecule is C[C@]1(O)[C@H]2CCCC[C@H]2C12OCCO2. The zero-order valence-electron chi connectivity index (χ0n) is 8.66. The molecule has 0 radical (unpaired) electrons. The summed E-state index contributed by atoms with van der Waals surface area (Å²) in [6.07, 6.45) is 4.78. The van der Waals surface area contributed by atoms with E-state index in [-0.39, 0.29) is 0 Å². The summed E-state index contributed by atoms with van der Waals surface area (Å²) in [6.45, 7) is 3.16. The lowest BCUT2D eigenvalue weighted by molar-refractivity contribution is -0.392. The lowest BCUT2D eigenvalue weighted by atomic mass is 9.52. The molecule has 1 N–H and O–H groups in total. The Morgan fingerprint density at radius 2 is 1.64 bits per heavy atom. The van der Waals surface area contributed by atoms with Gasteiger partial charge < -0.3 is 14.6 Å². The van der Waals surface area contributed by atoms with E-state index in [1.807, 2.05) is 6.92 Å². The van der Waals surface area contributed by atoms with Crippen molar-refractivity contribution < 1.29 is 14.6 Å². The van der Waals surface area contributed by atoms with Crippen LogP contribution in [0.3, 0.4) is 0 Å². The van der Waals surface area contributed by atoms with Crippen molar-refractivity contribution >= 4 is 0 Å². The minimum atomic E-state index is -0.755. The maximum Gasteiger partial charge on any atom is 0.200 e. The lowest BCUT2D eigenvalue weighted by Crippen LogP contribution is -2.75. The summed E-state index contributed by atoms with van der Waals surface area (Å²) in [5.74, 6) is 0.195. The number of aliphatic hydroxyl groups is 1. The molecule has 3 heteroatoms. The highest BCUT2D eigenvalue weighted by Gasteiger charge is 2.72. The van der Waals surface area contributed by atoms with E-state index in [2.05, 4.69) is 0 Å². The minimum Gasteiger partial charge on any atom is -0.384 e. The molecule has 1 saturated heterocycles. The van der Waals surface area contributed by atoms with Crippen LogP contribution in [0.2, 0.25) is 0 Å². The summed E-state index contributed by atoms with van der Waals surface area (Å²) in [4.78, 5) is 0. The van der Waals surface area contributed by atoms with Gasteiger partial charge in [-0.2, -0.15) is 0 Å². The molecule has 0 unspecified atom stereocenters. The summed E-state index contributed by atoms with van der Waals surface area (Å²) < 4.78 is 11.4. The van der Waals surface area contributed by atoms with E-state index >= 15 is 0 Å². The first-order valence-corrected chi connectivity index (χ1v) is 5.69. The smallest absolute Gasteiger partial charge is 0.200 e. The molecule has 14 heavy (non-hydrogen) atoms. The molecule has 3 fully saturated rings. The Balaban J connectivity index is 1.90. The maximum atomic E-state index is 10.4. The molecule has 0 aromatic heterocycles. The van der Waals surface area contributed by atoms with Gasteiger partial charge in [-0.3, -0.25) is 0 Å². The van der Waals surface area contributed by atoms with Crippen LogP contribution in [-0.4, -0.2) is 29.7 Å². The molecule has 3 atom stereocenters. The Hall–Kier alpha value is -0.120. The zero-order valence-corrected chi connectivity index (χ0v) is 8.66. The third-order valence-corrected chi connectivity index (χ3v) is 4.40. The van der Waals surface area contributed by atoms with Crippen LogP contribution in [0, 0.1) is 11.8 Å². The van der Waals surface area contributed by atoms with Crippen molar-refractivity contribution in [2.24, 2.45) is 11.8 Å². The minimum absolute atomic E-state index is 0.398. The Bertz CT molecular complexity index is 243. The third kappa shape index (κ3) is 0.841. The lowest BCUT2D eigenvalue weighted by Gasteiger charge is -2.63. The van der Waals surface area contributed by atoms with Gasteiger partial charge in [0.25, 0.3) is 0 Å². The molecule has 0 bridgehead atoms. The van der Waals surface area contributed by atoms with Crippen LogP contribution in [0.15, 0.2) is 0 Å².